The number of benzene rings is 2. The van der Waals surface area contributed by atoms with E-state index in [1.807, 2.05) is 29.2 Å². The van der Waals surface area contributed by atoms with E-state index in [0.717, 1.165) is 28.9 Å². The van der Waals surface area contributed by atoms with Crippen molar-refractivity contribution in [3.05, 3.63) is 69.4 Å². The van der Waals surface area contributed by atoms with Gasteiger partial charge in [-0.3, -0.25) is 4.79 Å². The number of carbonyl (C=O) groups excluding carboxylic acids is 1. The normalized spacial score (nSPS) is 17.1. The maximum Gasteiger partial charge on any atom is 0.255 e. The maximum atomic E-state index is 14.0. The highest BCUT2D eigenvalue weighted by atomic mass is 79.9. The molecule has 1 aromatic heterocycles. The lowest BCUT2D eigenvalue weighted by atomic mass is 9.98. The van der Waals surface area contributed by atoms with Crippen LogP contribution in [-0.2, 0) is 0 Å². The van der Waals surface area contributed by atoms with Crippen LogP contribution in [0, 0.1) is 5.82 Å². The lowest BCUT2D eigenvalue weighted by molar-refractivity contribution is 0.0706. The van der Waals surface area contributed by atoms with Crippen molar-refractivity contribution in [2.45, 2.75) is 18.8 Å². The Morgan fingerprint density at radius 3 is 2.74 bits per heavy atom. The molecule has 1 amide bonds. The van der Waals surface area contributed by atoms with Gasteiger partial charge in [0.15, 0.2) is 5.01 Å². The van der Waals surface area contributed by atoms with Crippen LogP contribution < -0.4 is 0 Å². The molecule has 3 aromatic rings. The van der Waals surface area contributed by atoms with Crippen LogP contribution in [0.4, 0.5) is 4.39 Å². The Bertz CT molecular complexity index is 977. The van der Waals surface area contributed by atoms with Crippen molar-refractivity contribution in [3.63, 3.8) is 0 Å². The molecule has 2 aromatic carbocycles. The van der Waals surface area contributed by atoms with Crippen LogP contribution in [0.5, 0.6) is 0 Å². The minimum Gasteiger partial charge on any atom is -0.338 e. The smallest absolute Gasteiger partial charge is 0.255 e. The second kappa shape index (κ2) is 7.86. The minimum atomic E-state index is -0.297. The summed E-state index contributed by atoms with van der Waals surface area (Å²) in [6, 6.07) is 14.1. The highest BCUT2D eigenvalue weighted by Gasteiger charge is 2.28. The Kier molecular flexibility index (Phi) is 5.31. The number of rotatable bonds is 3. The molecule has 7 heteroatoms. The molecule has 0 saturated carbocycles. The van der Waals surface area contributed by atoms with Crippen molar-refractivity contribution in [1.29, 1.82) is 0 Å². The zero-order valence-corrected chi connectivity index (χ0v) is 16.8. The van der Waals surface area contributed by atoms with Gasteiger partial charge in [0.05, 0.1) is 5.56 Å². The zero-order chi connectivity index (χ0) is 18.8. The molecule has 138 valence electrons. The van der Waals surface area contributed by atoms with Crippen molar-refractivity contribution >= 4 is 33.2 Å². The second-order valence-corrected chi connectivity index (χ2v) is 8.36. The van der Waals surface area contributed by atoms with Crippen LogP contribution in [0.1, 0.15) is 34.1 Å². The minimum absolute atomic E-state index is 0.0195. The van der Waals surface area contributed by atoms with Gasteiger partial charge in [-0.25, -0.2) is 4.39 Å². The first-order chi connectivity index (χ1) is 13.1. The van der Waals surface area contributed by atoms with Crippen LogP contribution in [0.25, 0.3) is 10.6 Å². The van der Waals surface area contributed by atoms with E-state index in [9.17, 15) is 9.18 Å². The van der Waals surface area contributed by atoms with Gasteiger partial charge in [-0.2, -0.15) is 0 Å². The van der Waals surface area contributed by atoms with Crippen LogP contribution in [0.3, 0.4) is 0 Å². The summed E-state index contributed by atoms with van der Waals surface area (Å²) < 4.78 is 14.8. The second-order valence-electron chi connectivity index (χ2n) is 6.50. The van der Waals surface area contributed by atoms with Gasteiger partial charge in [0, 0.05) is 29.0 Å². The third-order valence-corrected chi connectivity index (χ3v) is 6.52. The van der Waals surface area contributed by atoms with Crippen LogP contribution in [0.2, 0.25) is 0 Å². The molecule has 1 atom stereocenters. The summed E-state index contributed by atoms with van der Waals surface area (Å²) in [6.45, 7) is 1.34. The fourth-order valence-corrected chi connectivity index (χ4v) is 4.76. The van der Waals surface area contributed by atoms with Gasteiger partial charge >= 0.3 is 0 Å². The number of hydrogen-bond donors (Lipinski definition) is 0. The third kappa shape index (κ3) is 3.80. The standard InChI is InChI=1S/C20H17BrFN3OS/c21-16-9-3-1-7-14(16)20(26)25-11-5-6-13(12-25)18-23-24-19(27-18)15-8-2-4-10-17(15)22/h1-4,7-10,13H,5-6,11-12H2. The predicted molar refractivity (Wildman–Crippen MR) is 107 cm³/mol. The predicted octanol–water partition coefficient (Wildman–Crippen LogP) is 5.13. The molecule has 0 aliphatic carbocycles. The summed E-state index contributed by atoms with van der Waals surface area (Å²) >= 11 is 4.87. The van der Waals surface area contributed by atoms with Crippen molar-refractivity contribution in [3.8, 4) is 10.6 Å². The third-order valence-electron chi connectivity index (χ3n) is 4.71. The van der Waals surface area contributed by atoms with Gasteiger partial charge in [0.1, 0.15) is 10.8 Å². The fourth-order valence-electron chi connectivity index (χ4n) is 3.31. The van der Waals surface area contributed by atoms with Crippen LogP contribution in [-0.4, -0.2) is 34.1 Å². The Morgan fingerprint density at radius 2 is 1.93 bits per heavy atom. The van der Waals surface area contributed by atoms with Gasteiger partial charge in [0.25, 0.3) is 5.91 Å². The number of likely N-dealkylation sites (tertiary alicyclic amines) is 1. The van der Waals surface area contributed by atoms with Gasteiger partial charge < -0.3 is 4.90 Å². The van der Waals surface area contributed by atoms with Gasteiger partial charge in [-0.1, -0.05) is 35.6 Å². The number of piperidine rings is 1. The Hall–Kier alpha value is -2.12. The molecule has 0 N–H and O–H groups in total. The summed E-state index contributed by atoms with van der Waals surface area (Å²) in [5.41, 5.74) is 1.14. The van der Waals surface area contributed by atoms with Crippen molar-refractivity contribution < 1.29 is 9.18 Å². The molecule has 1 aliphatic heterocycles. The molecule has 0 radical (unpaired) electrons. The highest BCUT2D eigenvalue weighted by molar-refractivity contribution is 9.10. The van der Waals surface area contributed by atoms with E-state index in [2.05, 4.69) is 26.1 Å². The van der Waals surface area contributed by atoms with E-state index in [0.29, 0.717) is 22.7 Å². The summed E-state index contributed by atoms with van der Waals surface area (Å²) in [5.74, 6) is -0.149. The first kappa shape index (κ1) is 18.3. The van der Waals surface area contributed by atoms with E-state index >= 15 is 0 Å². The molecule has 1 saturated heterocycles. The largest absolute Gasteiger partial charge is 0.338 e. The Balaban J connectivity index is 1.53. The lowest BCUT2D eigenvalue weighted by Gasteiger charge is -2.31. The maximum absolute atomic E-state index is 14.0. The number of amides is 1. The van der Waals surface area contributed by atoms with E-state index < -0.39 is 0 Å². The molecule has 1 fully saturated rings. The number of halogens is 2. The molecule has 0 bridgehead atoms. The first-order valence-corrected chi connectivity index (χ1v) is 10.4. The van der Waals surface area contributed by atoms with Crippen LogP contribution >= 0.6 is 27.3 Å². The number of hydrogen-bond acceptors (Lipinski definition) is 4. The molecular formula is C20H17BrFN3OS. The topological polar surface area (TPSA) is 46.1 Å². The highest BCUT2D eigenvalue weighted by Crippen LogP contribution is 2.34. The number of aromatic nitrogens is 2. The van der Waals surface area contributed by atoms with E-state index in [4.69, 9.17) is 0 Å². The average Bonchev–Trinajstić information content (AvgIpc) is 3.18. The lowest BCUT2D eigenvalue weighted by Crippen LogP contribution is -2.39. The summed E-state index contributed by atoms with van der Waals surface area (Å²) in [6.07, 6.45) is 1.86. The van der Waals surface area contributed by atoms with E-state index in [1.54, 1.807) is 18.2 Å². The summed E-state index contributed by atoms with van der Waals surface area (Å²) in [7, 11) is 0. The molecule has 2 heterocycles. The van der Waals surface area contributed by atoms with Gasteiger partial charge in [-0.15, -0.1) is 10.2 Å². The average molecular weight is 446 g/mol. The zero-order valence-electron chi connectivity index (χ0n) is 14.4. The van der Waals surface area contributed by atoms with Crippen molar-refractivity contribution in [2.24, 2.45) is 0 Å². The van der Waals surface area contributed by atoms with E-state index in [1.165, 1.54) is 17.4 Å². The van der Waals surface area contributed by atoms with Gasteiger partial charge in [0.2, 0.25) is 0 Å². The molecule has 4 rings (SSSR count). The Morgan fingerprint density at radius 1 is 1.15 bits per heavy atom. The quantitative estimate of drug-likeness (QED) is 0.561. The molecule has 0 spiro atoms. The first-order valence-electron chi connectivity index (χ1n) is 8.75. The van der Waals surface area contributed by atoms with Crippen molar-refractivity contribution in [1.82, 2.24) is 15.1 Å². The van der Waals surface area contributed by atoms with Crippen LogP contribution in [0.15, 0.2) is 53.0 Å². The molecule has 27 heavy (non-hydrogen) atoms. The molecule has 1 aliphatic rings. The molecule has 4 nitrogen and oxygen atoms in total. The SMILES string of the molecule is O=C(c1ccccc1Br)N1CCCC(c2nnc(-c3ccccc3F)s2)C1. The number of carbonyl (C=O) groups is 1. The summed E-state index contributed by atoms with van der Waals surface area (Å²) in [4.78, 5) is 14.8. The summed E-state index contributed by atoms with van der Waals surface area (Å²) in [5, 5.41) is 9.92. The molecular weight excluding hydrogens is 429 g/mol. The number of nitrogens with zero attached hydrogens (tertiary/aromatic N) is 3. The van der Waals surface area contributed by atoms with E-state index in [-0.39, 0.29) is 17.6 Å². The fraction of sp³-hybridized carbons (Fsp3) is 0.250. The molecule has 1 unspecified atom stereocenters. The Labute approximate surface area is 169 Å². The van der Waals surface area contributed by atoms with Crippen molar-refractivity contribution in [2.75, 3.05) is 13.1 Å². The van der Waals surface area contributed by atoms with Gasteiger partial charge in [-0.05, 0) is 53.0 Å². The monoisotopic (exact) mass is 445 g/mol.